The second-order valence-electron chi connectivity index (χ2n) is 9.19. The highest BCUT2D eigenvalue weighted by atomic mass is 32.1. The van der Waals surface area contributed by atoms with Gasteiger partial charge in [0.1, 0.15) is 5.75 Å². The van der Waals surface area contributed by atoms with Crippen LogP contribution in [0.4, 0.5) is 5.69 Å². The van der Waals surface area contributed by atoms with E-state index >= 15 is 0 Å². The Kier molecular flexibility index (Phi) is 6.63. The number of hydrogen-bond donors (Lipinski definition) is 1. The van der Waals surface area contributed by atoms with Gasteiger partial charge in [-0.25, -0.2) is 0 Å². The van der Waals surface area contributed by atoms with Crippen molar-refractivity contribution in [1.29, 1.82) is 0 Å². The summed E-state index contributed by atoms with van der Waals surface area (Å²) < 4.78 is 13.6. The summed E-state index contributed by atoms with van der Waals surface area (Å²) in [5.41, 5.74) is 4.51. The zero-order valence-corrected chi connectivity index (χ0v) is 21.3. The second-order valence-corrected chi connectivity index (χ2v) is 9.58. The standard InChI is InChI=1S/C26H29N5O4S/c1-16-13-20(17(2)30(16)22-14-18(31(32)33)9-10-23(22)34-3)25-24(21-8-4-5-11-27-21)28-26(36)29(25)15-19-7-6-12-35-19/h4-5,8-11,13-14,19,24-25H,6-7,12,15H2,1-3H3,(H,28,36)/t19-,24-,25-/m1/s1. The summed E-state index contributed by atoms with van der Waals surface area (Å²) in [7, 11) is 1.57. The van der Waals surface area contributed by atoms with Crippen LogP contribution in [-0.2, 0) is 4.74 Å². The molecule has 2 fully saturated rings. The van der Waals surface area contributed by atoms with E-state index in [4.69, 9.17) is 21.7 Å². The summed E-state index contributed by atoms with van der Waals surface area (Å²) in [5, 5.41) is 15.7. The first-order valence-corrected chi connectivity index (χ1v) is 12.4. The summed E-state index contributed by atoms with van der Waals surface area (Å²) in [6, 6.07) is 12.4. The third-order valence-electron chi connectivity index (χ3n) is 7.03. The molecule has 2 saturated heterocycles. The van der Waals surface area contributed by atoms with Gasteiger partial charge in [-0.15, -0.1) is 0 Å². The lowest BCUT2D eigenvalue weighted by Crippen LogP contribution is -2.36. The van der Waals surface area contributed by atoms with Crippen LogP contribution in [0.25, 0.3) is 5.69 Å². The maximum Gasteiger partial charge on any atom is 0.271 e. The van der Waals surface area contributed by atoms with Crippen LogP contribution in [0.2, 0.25) is 0 Å². The number of non-ortho nitro benzene ring substituents is 1. The molecule has 2 aliphatic heterocycles. The van der Waals surface area contributed by atoms with E-state index in [2.05, 4.69) is 21.3 Å². The van der Waals surface area contributed by atoms with Crippen molar-refractivity contribution in [1.82, 2.24) is 19.8 Å². The van der Waals surface area contributed by atoms with Gasteiger partial charge in [0.05, 0.1) is 41.6 Å². The van der Waals surface area contributed by atoms with E-state index in [0.717, 1.165) is 42.1 Å². The molecule has 9 nitrogen and oxygen atoms in total. The number of nitrogens with zero attached hydrogens (tertiary/aromatic N) is 4. The third kappa shape index (κ3) is 4.31. The molecule has 188 valence electrons. The minimum Gasteiger partial charge on any atom is -0.495 e. The van der Waals surface area contributed by atoms with Crippen molar-refractivity contribution in [2.75, 3.05) is 20.3 Å². The molecule has 0 spiro atoms. The molecule has 5 rings (SSSR count). The van der Waals surface area contributed by atoms with Crippen molar-refractivity contribution < 1.29 is 14.4 Å². The molecule has 0 radical (unpaired) electrons. The molecule has 0 saturated carbocycles. The molecule has 0 bridgehead atoms. The van der Waals surface area contributed by atoms with Gasteiger partial charge in [0.2, 0.25) is 0 Å². The van der Waals surface area contributed by atoms with Gasteiger partial charge in [0.15, 0.2) is 5.11 Å². The Hall–Kier alpha value is -3.50. The molecule has 10 heteroatoms. The van der Waals surface area contributed by atoms with Gasteiger partial charge in [-0.2, -0.15) is 0 Å². The van der Waals surface area contributed by atoms with E-state index in [1.807, 2.05) is 36.6 Å². The van der Waals surface area contributed by atoms with Gasteiger partial charge in [-0.05, 0) is 68.7 Å². The SMILES string of the molecule is COc1ccc([N+](=O)[O-])cc1-n1c(C)cc([C@@H]2[C@@H](c3ccccn3)NC(=S)N2C[C@H]2CCCO2)c1C. The van der Waals surface area contributed by atoms with Crippen molar-refractivity contribution >= 4 is 23.0 Å². The molecular weight excluding hydrogens is 478 g/mol. The molecule has 1 aromatic carbocycles. The maximum atomic E-state index is 11.5. The number of aromatic nitrogens is 2. The largest absolute Gasteiger partial charge is 0.495 e. The van der Waals surface area contributed by atoms with E-state index < -0.39 is 4.92 Å². The maximum absolute atomic E-state index is 11.5. The summed E-state index contributed by atoms with van der Waals surface area (Å²) in [6.07, 6.45) is 3.96. The summed E-state index contributed by atoms with van der Waals surface area (Å²) in [5.74, 6) is 0.562. The minimum atomic E-state index is -0.391. The number of rotatable bonds is 7. The van der Waals surface area contributed by atoms with Crippen molar-refractivity contribution in [3.63, 3.8) is 0 Å². The molecule has 2 aromatic heterocycles. The molecule has 3 atom stereocenters. The van der Waals surface area contributed by atoms with E-state index in [9.17, 15) is 10.1 Å². The van der Waals surface area contributed by atoms with Crippen molar-refractivity contribution in [2.24, 2.45) is 0 Å². The Morgan fingerprint density at radius 2 is 2.11 bits per heavy atom. The van der Waals surface area contributed by atoms with Crippen LogP contribution in [0.15, 0.2) is 48.7 Å². The van der Waals surface area contributed by atoms with Crippen molar-refractivity contribution in [3.05, 3.63) is 81.4 Å². The Labute approximate surface area is 215 Å². The second kappa shape index (κ2) is 9.87. The molecule has 36 heavy (non-hydrogen) atoms. The van der Waals surface area contributed by atoms with E-state index in [-0.39, 0.29) is 23.9 Å². The van der Waals surface area contributed by atoms with Gasteiger partial charge >= 0.3 is 0 Å². The fourth-order valence-corrected chi connectivity index (χ4v) is 5.69. The number of benzene rings is 1. The number of ether oxygens (including phenoxy) is 2. The Morgan fingerprint density at radius 3 is 2.78 bits per heavy atom. The lowest BCUT2D eigenvalue weighted by atomic mass is 9.96. The zero-order valence-electron chi connectivity index (χ0n) is 20.5. The molecule has 0 aliphatic carbocycles. The number of aryl methyl sites for hydroxylation is 1. The van der Waals surface area contributed by atoms with E-state index in [1.54, 1.807) is 25.4 Å². The van der Waals surface area contributed by atoms with E-state index in [1.165, 1.54) is 6.07 Å². The summed E-state index contributed by atoms with van der Waals surface area (Å²) >= 11 is 5.82. The number of hydrogen-bond acceptors (Lipinski definition) is 6. The Morgan fingerprint density at radius 1 is 1.28 bits per heavy atom. The first kappa shape index (κ1) is 24.2. The third-order valence-corrected chi connectivity index (χ3v) is 7.38. The topological polar surface area (TPSA) is 94.7 Å². The average molecular weight is 508 g/mol. The van der Waals surface area contributed by atoms with Gasteiger partial charge in [0, 0.05) is 42.9 Å². The molecule has 4 heterocycles. The van der Waals surface area contributed by atoms with Crippen LogP contribution < -0.4 is 10.1 Å². The molecule has 0 amide bonds. The average Bonchev–Trinajstić information content (AvgIpc) is 3.58. The predicted molar refractivity (Wildman–Crippen MR) is 140 cm³/mol. The minimum absolute atomic E-state index is 0.00920. The quantitative estimate of drug-likeness (QED) is 0.283. The fourth-order valence-electron chi connectivity index (χ4n) is 5.37. The van der Waals surface area contributed by atoms with Crippen molar-refractivity contribution in [2.45, 2.75) is 44.9 Å². The van der Waals surface area contributed by atoms with Gasteiger partial charge in [-0.3, -0.25) is 15.1 Å². The first-order valence-electron chi connectivity index (χ1n) is 12.0. The highest BCUT2D eigenvalue weighted by Crippen LogP contribution is 2.42. The van der Waals surface area contributed by atoms with Crippen molar-refractivity contribution in [3.8, 4) is 11.4 Å². The summed E-state index contributed by atoms with van der Waals surface area (Å²) in [6.45, 7) is 5.48. The number of nitrogens with one attached hydrogen (secondary N) is 1. The Balaban J connectivity index is 1.63. The number of nitro groups is 1. The molecule has 0 unspecified atom stereocenters. The Bertz CT molecular complexity index is 1290. The number of pyridine rings is 1. The normalized spacial score (nSPS) is 21.6. The highest BCUT2D eigenvalue weighted by Gasteiger charge is 2.42. The van der Waals surface area contributed by atoms with Gasteiger partial charge in [0.25, 0.3) is 5.69 Å². The number of thiocarbonyl (C=S) groups is 1. The summed E-state index contributed by atoms with van der Waals surface area (Å²) in [4.78, 5) is 18.0. The monoisotopic (exact) mass is 507 g/mol. The van der Waals surface area contributed by atoms with E-state index in [0.29, 0.717) is 23.1 Å². The molecule has 2 aliphatic rings. The molecule has 3 aromatic rings. The molecular formula is C26H29N5O4S. The smallest absolute Gasteiger partial charge is 0.271 e. The van der Waals surface area contributed by atoms with Crippen LogP contribution >= 0.6 is 12.2 Å². The predicted octanol–water partition coefficient (Wildman–Crippen LogP) is 4.56. The van der Waals surface area contributed by atoms with Crippen LogP contribution in [0, 0.1) is 24.0 Å². The fraction of sp³-hybridized carbons (Fsp3) is 0.385. The zero-order chi connectivity index (χ0) is 25.4. The number of nitro benzene ring substituents is 1. The van der Waals surface area contributed by atoms with Crippen LogP contribution in [0.1, 0.15) is 47.6 Å². The van der Waals surface area contributed by atoms with Crippen LogP contribution in [0.3, 0.4) is 0 Å². The first-order chi connectivity index (χ1) is 17.4. The number of methoxy groups -OCH3 is 1. The molecule has 1 N–H and O–H groups in total. The lowest BCUT2D eigenvalue weighted by molar-refractivity contribution is -0.384. The van der Waals surface area contributed by atoms with Crippen LogP contribution in [0.5, 0.6) is 5.75 Å². The highest BCUT2D eigenvalue weighted by molar-refractivity contribution is 7.80. The van der Waals surface area contributed by atoms with Gasteiger partial charge < -0.3 is 24.3 Å². The van der Waals surface area contributed by atoms with Crippen LogP contribution in [-0.4, -0.2) is 50.9 Å². The van der Waals surface area contributed by atoms with Gasteiger partial charge in [-0.1, -0.05) is 6.07 Å². The lowest BCUT2D eigenvalue weighted by Gasteiger charge is -2.30.